The summed E-state index contributed by atoms with van der Waals surface area (Å²) >= 11 is 1.36. The Hall–Kier alpha value is -0.940. The van der Waals surface area contributed by atoms with Crippen molar-refractivity contribution in [2.24, 2.45) is 0 Å². The highest BCUT2D eigenvalue weighted by atomic mass is 32.1. The highest BCUT2D eigenvalue weighted by Gasteiger charge is 2.17. The summed E-state index contributed by atoms with van der Waals surface area (Å²) in [5.41, 5.74) is 1.56. The molecule has 2 rings (SSSR count). The molecule has 1 aromatic rings. The first-order chi connectivity index (χ1) is 8.18. The third-order valence-electron chi connectivity index (χ3n) is 2.99. The number of carbonyl (C=O) groups excluding carboxylic acids is 1. The second-order valence-electron chi connectivity index (χ2n) is 4.38. The standard InChI is InChI=1S/C12H18N2O2S/c1-8-11(9(2)15)12(17-14-8)13-6-5-10-4-3-7-16-10/h10,13H,3-7H2,1-2H3. The third-order valence-corrected chi connectivity index (χ3v) is 3.89. The molecule has 2 heterocycles. The molecule has 0 bridgehead atoms. The zero-order chi connectivity index (χ0) is 12.3. The summed E-state index contributed by atoms with van der Waals surface area (Å²) in [6, 6.07) is 0. The minimum Gasteiger partial charge on any atom is -0.378 e. The monoisotopic (exact) mass is 254 g/mol. The number of anilines is 1. The number of aromatic nitrogens is 1. The zero-order valence-electron chi connectivity index (χ0n) is 10.3. The second-order valence-corrected chi connectivity index (χ2v) is 5.15. The largest absolute Gasteiger partial charge is 0.378 e. The maximum atomic E-state index is 11.5. The molecule has 0 aliphatic carbocycles. The topological polar surface area (TPSA) is 51.2 Å². The summed E-state index contributed by atoms with van der Waals surface area (Å²) in [4.78, 5) is 11.5. The Morgan fingerprint density at radius 2 is 2.47 bits per heavy atom. The molecule has 17 heavy (non-hydrogen) atoms. The van der Waals surface area contributed by atoms with Crippen molar-refractivity contribution in [2.45, 2.75) is 39.2 Å². The lowest BCUT2D eigenvalue weighted by atomic mass is 10.1. The maximum Gasteiger partial charge on any atom is 0.164 e. The second kappa shape index (κ2) is 5.60. The van der Waals surface area contributed by atoms with Crippen LogP contribution in [0.2, 0.25) is 0 Å². The highest BCUT2D eigenvalue weighted by Crippen LogP contribution is 2.25. The van der Waals surface area contributed by atoms with E-state index < -0.39 is 0 Å². The Balaban J connectivity index is 1.88. The minimum atomic E-state index is 0.0795. The van der Waals surface area contributed by atoms with E-state index in [4.69, 9.17) is 4.74 Å². The minimum absolute atomic E-state index is 0.0795. The number of hydrogen-bond donors (Lipinski definition) is 1. The van der Waals surface area contributed by atoms with Gasteiger partial charge in [0.05, 0.1) is 17.4 Å². The Labute approximate surface area is 106 Å². The van der Waals surface area contributed by atoms with Crippen LogP contribution in [0.4, 0.5) is 5.00 Å². The van der Waals surface area contributed by atoms with E-state index in [1.54, 1.807) is 6.92 Å². The van der Waals surface area contributed by atoms with E-state index in [1.807, 2.05) is 6.92 Å². The number of ether oxygens (including phenoxy) is 1. The Morgan fingerprint density at radius 3 is 3.12 bits per heavy atom. The van der Waals surface area contributed by atoms with E-state index in [0.29, 0.717) is 6.10 Å². The van der Waals surface area contributed by atoms with Crippen LogP contribution in [0, 0.1) is 6.92 Å². The molecule has 0 spiro atoms. The van der Waals surface area contributed by atoms with E-state index >= 15 is 0 Å². The molecule has 0 aromatic carbocycles. The maximum absolute atomic E-state index is 11.5. The molecule has 94 valence electrons. The molecular formula is C12H18N2O2S. The molecule has 1 atom stereocenters. The van der Waals surface area contributed by atoms with Gasteiger partial charge in [0, 0.05) is 13.2 Å². The average molecular weight is 254 g/mol. The smallest absolute Gasteiger partial charge is 0.164 e. The lowest BCUT2D eigenvalue weighted by Crippen LogP contribution is -2.13. The van der Waals surface area contributed by atoms with Crippen molar-refractivity contribution in [1.82, 2.24) is 4.37 Å². The highest BCUT2D eigenvalue weighted by molar-refractivity contribution is 7.10. The van der Waals surface area contributed by atoms with Gasteiger partial charge in [0.1, 0.15) is 5.00 Å². The van der Waals surface area contributed by atoms with Gasteiger partial charge in [-0.25, -0.2) is 0 Å². The number of carbonyl (C=O) groups is 1. The number of aryl methyl sites for hydroxylation is 1. The average Bonchev–Trinajstić information content (AvgIpc) is 2.88. The summed E-state index contributed by atoms with van der Waals surface area (Å²) in [5.74, 6) is 0.0795. The number of nitrogens with zero attached hydrogens (tertiary/aromatic N) is 1. The van der Waals surface area contributed by atoms with Crippen LogP contribution in [0.5, 0.6) is 0 Å². The van der Waals surface area contributed by atoms with Gasteiger partial charge in [-0.05, 0) is 44.6 Å². The van der Waals surface area contributed by atoms with Gasteiger partial charge in [0.2, 0.25) is 0 Å². The van der Waals surface area contributed by atoms with Crippen molar-refractivity contribution >= 4 is 22.3 Å². The van der Waals surface area contributed by atoms with E-state index in [-0.39, 0.29) is 5.78 Å². The number of Topliss-reactive ketones (excluding diaryl/α,β-unsaturated/α-hetero) is 1. The molecular weight excluding hydrogens is 236 g/mol. The van der Waals surface area contributed by atoms with E-state index in [9.17, 15) is 4.79 Å². The van der Waals surface area contributed by atoms with Crippen molar-refractivity contribution in [1.29, 1.82) is 0 Å². The van der Waals surface area contributed by atoms with Gasteiger partial charge in [0.15, 0.2) is 5.78 Å². The first-order valence-corrected chi connectivity index (χ1v) is 6.78. The molecule has 1 unspecified atom stereocenters. The first-order valence-electron chi connectivity index (χ1n) is 6.01. The molecule has 5 heteroatoms. The summed E-state index contributed by atoms with van der Waals surface area (Å²) in [5, 5.41) is 4.19. The van der Waals surface area contributed by atoms with E-state index in [0.717, 1.165) is 42.3 Å². The lowest BCUT2D eigenvalue weighted by Gasteiger charge is -2.10. The molecule has 0 radical (unpaired) electrons. The van der Waals surface area contributed by atoms with Gasteiger partial charge in [-0.3, -0.25) is 4.79 Å². The van der Waals surface area contributed by atoms with Gasteiger partial charge in [0.25, 0.3) is 0 Å². The molecule has 0 saturated carbocycles. The quantitative estimate of drug-likeness (QED) is 0.821. The zero-order valence-corrected chi connectivity index (χ0v) is 11.1. The summed E-state index contributed by atoms with van der Waals surface area (Å²) in [7, 11) is 0. The van der Waals surface area contributed by atoms with Crippen molar-refractivity contribution in [2.75, 3.05) is 18.5 Å². The predicted molar refractivity (Wildman–Crippen MR) is 68.9 cm³/mol. The summed E-state index contributed by atoms with van der Waals surface area (Å²) in [6.07, 6.45) is 3.71. The van der Waals surface area contributed by atoms with Crippen LogP contribution in [0.15, 0.2) is 0 Å². The Morgan fingerprint density at radius 1 is 1.65 bits per heavy atom. The predicted octanol–water partition coefficient (Wildman–Crippen LogP) is 2.64. The normalized spacial score (nSPS) is 19.5. The molecule has 1 aromatic heterocycles. The summed E-state index contributed by atoms with van der Waals surface area (Å²) in [6.45, 7) is 5.19. The van der Waals surface area contributed by atoms with Crippen LogP contribution in [0.1, 0.15) is 42.2 Å². The molecule has 1 saturated heterocycles. The number of hydrogen-bond acceptors (Lipinski definition) is 5. The number of ketones is 1. The van der Waals surface area contributed by atoms with Crippen LogP contribution in [-0.2, 0) is 4.74 Å². The van der Waals surface area contributed by atoms with Crippen LogP contribution < -0.4 is 5.32 Å². The van der Waals surface area contributed by atoms with Gasteiger partial charge in [-0.15, -0.1) is 0 Å². The number of nitrogens with one attached hydrogen (secondary N) is 1. The van der Waals surface area contributed by atoms with Crippen molar-refractivity contribution < 1.29 is 9.53 Å². The van der Waals surface area contributed by atoms with Crippen molar-refractivity contribution in [3.63, 3.8) is 0 Å². The lowest BCUT2D eigenvalue weighted by molar-refractivity contribution is 0.101. The molecule has 1 fully saturated rings. The van der Waals surface area contributed by atoms with E-state index in [2.05, 4.69) is 9.69 Å². The first kappa shape index (κ1) is 12.5. The van der Waals surface area contributed by atoms with Crippen molar-refractivity contribution in [3.8, 4) is 0 Å². The van der Waals surface area contributed by atoms with Gasteiger partial charge < -0.3 is 10.1 Å². The van der Waals surface area contributed by atoms with Gasteiger partial charge in [-0.2, -0.15) is 4.37 Å². The van der Waals surface area contributed by atoms with Gasteiger partial charge in [-0.1, -0.05) is 0 Å². The fraction of sp³-hybridized carbons (Fsp3) is 0.667. The molecule has 1 aliphatic heterocycles. The molecule has 0 amide bonds. The fourth-order valence-corrected chi connectivity index (χ4v) is 2.99. The van der Waals surface area contributed by atoms with Crippen LogP contribution in [0.3, 0.4) is 0 Å². The Kier molecular flexibility index (Phi) is 4.12. The van der Waals surface area contributed by atoms with Crippen LogP contribution in [-0.4, -0.2) is 29.4 Å². The SMILES string of the molecule is CC(=O)c1c(C)nsc1NCCC1CCCO1. The number of rotatable bonds is 5. The summed E-state index contributed by atoms with van der Waals surface area (Å²) < 4.78 is 9.77. The van der Waals surface area contributed by atoms with Gasteiger partial charge >= 0.3 is 0 Å². The van der Waals surface area contributed by atoms with E-state index in [1.165, 1.54) is 18.0 Å². The molecule has 4 nitrogen and oxygen atoms in total. The third kappa shape index (κ3) is 3.04. The van der Waals surface area contributed by atoms with Crippen LogP contribution in [0.25, 0.3) is 0 Å². The molecule has 1 aliphatic rings. The molecule has 1 N–H and O–H groups in total. The van der Waals surface area contributed by atoms with Crippen molar-refractivity contribution in [3.05, 3.63) is 11.3 Å². The fourth-order valence-electron chi connectivity index (χ4n) is 2.12. The Bertz CT molecular complexity index is 397. The van der Waals surface area contributed by atoms with Crippen LogP contribution >= 0.6 is 11.5 Å².